The lowest BCUT2D eigenvalue weighted by molar-refractivity contribution is 0.101. The van der Waals surface area contributed by atoms with Crippen LogP contribution in [0.15, 0.2) is 76.5 Å². The lowest BCUT2D eigenvalue weighted by Gasteiger charge is -2.10. The minimum Gasteiger partial charge on any atom is -0.322 e. The molecule has 0 aliphatic carbocycles. The molecule has 0 saturated carbocycles. The Hall–Kier alpha value is -3.38. The zero-order chi connectivity index (χ0) is 19.7. The van der Waals surface area contributed by atoms with Gasteiger partial charge in [0.05, 0.1) is 11.3 Å². The van der Waals surface area contributed by atoms with Crippen LogP contribution in [0.25, 0.3) is 0 Å². The minimum atomic E-state index is -0.292. The molecule has 0 atom stereocenters. The fourth-order valence-corrected chi connectivity index (χ4v) is 3.91. The van der Waals surface area contributed by atoms with E-state index in [1.54, 1.807) is 42.5 Å². The smallest absolute Gasteiger partial charge is 0.256 e. The first-order chi connectivity index (χ1) is 13.5. The van der Waals surface area contributed by atoms with Crippen LogP contribution < -0.4 is 10.6 Å². The third-order valence-corrected chi connectivity index (χ3v) is 5.54. The monoisotopic (exact) mass is 388 g/mol. The highest BCUT2D eigenvalue weighted by Gasteiger charge is 2.20. The summed E-state index contributed by atoms with van der Waals surface area (Å²) in [4.78, 5) is 38.2. The second-order valence-corrected chi connectivity index (χ2v) is 7.43. The quantitative estimate of drug-likeness (QED) is 0.629. The number of carbonyl (C=O) groups excluding carboxylic acids is 3. The number of anilines is 2. The highest BCUT2D eigenvalue weighted by molar-refractivity contribution is 7.99. The molecule has 2 N–H and O–H groups in total. The van der Waals surface area contributed by atoms with Crippen molar-refractivity contribution in [2.45, 2.75) is 16.7 Å². The summed E-state index contributed by atoms with van der Waals surface area (Å²) in [7, 11) is 0. The lowest BCUT2D eigenvalue weighted by Crippen LogP contribution is -2.14. The number of fused-ring (bicyclic) bond motifs is 2. The predicted molar refractivity (Wildman–Crippen MR) is 109 cm³/mol. The molecule has 1 heterocycles. The molecule has 3 aromatic rings. The zero-order valence-corrected chi connectivity index (χ0v) is 15.8. The third kappa shape index (κ3) is 3.54. The van der Waals surface area contributed by atoms with Crippen LogP contribution in [0.3, 0.4) is 0 Å². The fraction of sp³-hybridized carbons (Fsp3) is 0.0455. The van der Waals surface area contributed by atoms with E-state index in [1.165, 1.54) is 18.7 Å². The van der Waals surface area contributed by atoms with Gasteiger partial charge in [-0.15, -0.1) is 0 Å². The Kier molecular flexibility index (Phi) is 4.71. The summed E-state index contributed by atoms with van der Waals surface area (Å²) in [5, 5.41) is 5.69. The van der Waals surface area contributed by atoms with Gasteiger partial charge in [-0.3, -0.25) is 14.4 Å². The molecule has 0 unspecified atom stereocenters. The maximum atomic E-state index is 12.6. The summed E-state index contributed by atoms with van der Waals surface area (Å²) in [6.07, 6.45) is 0. The van der Waals surface area contributed by atoms with Crippen LogP contribution in [0.2, 0.25) is 0 Å². The van der Waals surface area contributed by atoms with E-state index in [4.69, 9.17) is 0 Å². The molecular weight excluding hydrogens is 372 g/mol. The lowest BCUT2D eigenvalue weighted by atomic mass is 10.1. The summed E-state index contributed by atoms with van der Waals surface area (Å²) in [5.41, 5.74) is 2.82. The normalized spacial score (nSPS) is 12.2. The number of rotatable bonds is 3. The molecule has 0 saturated heterocycles. The van der Waals surface area contributed by atoms with Crippen molar-refractivity contribution in [3.05, 3.63) is 83.4 Å². The largest absolute Gasteiger partial charge is 0.322 e. The number of benzene rings is 3. The summed E-state index contributed by atoms with van der Waals surface area (Å²) < 4.78 is 0. The number of Topliss-reactive ketones (excluding diaryl/α,β-unsaturated/α-hetero) is 1. The second kappa shape index (κ2) is 7.32. The van der Waals surface area contributed by atoms with Gasteiger partial charge in [0, 0.05) is 26.6 Å². The number of ketones is 1. The average Bonchev–Trinajstić information content (AvgIpc) is 2.83. The second-order valence-electron chi connectivity index (χ2n) is 6.35. The van der Waals surface area contributed by atoms with Gasteiger partial charge in [-0.2, -0.15) is 0 Å². The van der Waals surface area contributed by atoms with Crippen molar-refractivity contribution in [2.75, 3.05) is 10.6 Å². The molecule has 5 nitrogen and oxygen atoms in total. The minimum absolute atomic E-state index is 0.0298. The SMILES string of the molecule is CC(=O)c1ccc(NC(=O)c2ccc3c(c2)NC(=O)c2ccccc2S3)cc1. The highest BCUT2D eigenvalue weighted by Crippen LogP contribution is 2.39. The van der Waals surface area contributed by atoms with Crippen LogP contribution >= 0.6 is 11.8 Å². The van der Waals surface area contributed by atoms with E-state index >= 15 is 0 Å². The maximum absolute atomic E-state index is 12.6. The number of amides is 2. The average molecular weight is 388 g/mol. The molecule has 1 aliphatic heterocycles. The van der Waals surface area contributed by atoms with Crippen LogP contribution in [0, 0.1) is 0 Å². The van der Waals surface area contributed by atoms with Gasteiger partial charge < -0.3 is 10.6 Å². The third-order valence-electron chi connectivity index (χ3n) is 4.39. The van der Waals surface area contributed by atoms with E-state index in [9.17, 15) is 14.4 Å². The number of hydrogen-bond donors (Lipinski definition) is 2. The van der Waals surface area contributed by atoms with Gasteiger partial charge in [0.25, 0.3) is 11.8 Å². The molecule has 0 fully saturated rings. The van der Waals surface area contributed by atoms with E-state index in [2.05, 4.69) is 10.6 Å². The molecule has 0 spiro atoms. The van der Waals surface area contributed by atoms with Gasteiger partial charge in [-0.05, 0) is 61.5 Å². The highest BCUT2D eigenvalue weighted by atomic mass is 32.2. The van der Waals surface area contributed by atoms with Crippen molar-refractivity contribution in [3.63, 3.8) is 0 Å². The first kappa shape index (κ1) is 18.0. The molecule has 2 amide bonds. The van der Waals surface area contributed by atoms with Crippen molar-refractivity contribution >= 4 is 40.7 Å². The van der Waals surface area contributed by atoms with Gasteiger partial charge >= 0.3 is 0 Å². The Morgan fingerprint density at radius 3 is 2.36 bits per heavy atom. The zero-order valence-electron chi connectivity index (χ0n) is 15.0. The molecule has 138 valence electrons. The van der Waals surface area contributed by atoms with Crippen molar-refractivity contribution < 1.29 is 14.4 Å². The first-order valence-corrected chi connectivity index (χ1v) is 9.47. The van der Waals surface area contributed by atoms with Gasteiger partial charge in [0.15, 0.2) is 5.78 Å². The van der Waals surface area contributed by atoms with Gasteiger partial charge in [0.2, 0.25) is 0 Å². The molecule has 4 rings (SSSR count). The number of nitrogens with one attached hydrogen (secondary N) is 2. The molecule has 3 aromatic carbocycles. The number of hydrogen-bond acceptors (Lipinski definition) is 4. The van der Waals surface area contributed by atoms with Crippen LogP contribution in [0.4, 0.5) is 11.4 Å². The molecule has 6 heteroatoms. The standard InChI is InChI=1S/C22H16N2O3S/c1-13(25)14-6-9-16(10-7-14)23-21(26)15-8-11-20-18(12-15)24-22(27)17-4-2-3-5-19(17)28-20/h2-12H,1H3,(H,23,26)(H,24,27). The Morgan fingerprint density at radius 1 is 0.893 bits per heavy atom. The van der Waals surface area contributed by atoms with Crippen molar-refractivity contribution in [1.82, 2.24) is 0 Å². The van der Waals surface area contributed by atoms with Crippen LogP contribution in [0.5, 0.6) is 0 Å². The summed E-state index contributed by atoms with van der Waals surface area (Å²) in [6.45, 7) is 1.49. The Morgan fingerprint density at radius 2 is 1.61 bits per heavy atom. The van der Waals surface area contributed by atoms with Crippen molar-refractivity contribution in [2.24, 2.45) is 0 Å². The molecule has 0 aromatic heterocycles. The molecule has 0 bridgehead atoms. The first-order valence-electron chi connectivity index (χ1n) is 8.66. The van der Waals surface area contributed by atoms with Crippen molar-refractivity contribution in [3.8, 4) is 0 Å². The van der Waals surface area contributed by atoms with Gasteiger partial charge in [0.1, 0.15) is 0 Å². The van der Waals surface area contributed by atoms with Gasteiger partial charge in [-0.1, -0.05) is 23.9 Å². The predicted octanol–water partition coefficient (Wildman–Crippen LogP) is 4.86. The Bertz CT molecular complexity index is 1110. The maximum Gasteiger partial charge on any atom is 0.256 e. The van der Waals surface area contributed by atoms with Crippen LogP contribution in [-0.2, 0) is 0 Å². The van der Waals surface area contributed by atoms with Crippen LogP contribution in [-0.4, -0.2) is 17.6 Å². The fourth-order valence-electron chi connectivity index (χ4n) is 2.90. The van der Waals surface area contributed by atoms with E-state index in [0.717, 1.165) is 9.79 Å². The molecule has 28 heavy (non-hydrogen) atoms. The van der Waals surface area contributed by atoms with Crippen molar-refractivity contribution in [1.29, 1.82) is 0 Å². The Labute approximate surface area is 166 Å². The van der Waals surface area contributed by atoms with E-state index in [0.29, 0.717) is 28.1 Å². The summed E-state index contributed by atoms with van der Waals surface area (Å²) in [5.74, 6) is -0.517. The number of carbonyl (C=O) groups is 3. The molecular formula is C22H16N2O3S. The van der Waals surface area contributed by atoms with Crippen LogP contribution in [0.1, 0.15) is 38.0 Å². The topological polar surface area (TPSA) is 75.3 Å². The summed E-state index contributed by atoms with van der Waals surface area (Å²) in [6, 6.07) is 19.3. The summed E-state index contributed by atoms with van der Waals surface area (Å²) >= 11 is 1.49. The van der Waals surface area contributed by atoms with E-state index in [-0.39, 0.29) is 17.6 Å². The van der Waals surface area contributed by atoms with Gasteiger partial charge in [-0.25, -0.2) is 0 Å². The Balaban J connectivity index is 1.57. The molecule has 1 aliphatic rings. The molecule has 0 radical (unpaired) electrons. The van der Waals surface area contributed by atoms with E-state index < -0.39 is 0 Å². The van der Waals surface area contributed by atoms with E-state index in [1.807, 2.05) is 24.3 Å².